The quantitative estimate of drug-likeness (QED) is 0.0283. The van der Waals surface area contributed by atoms with E-state index in [1.165, 1.54) is 141 Å². The van der Waals surface area contributed by atoms with Gasteiger partial charge in [0.1, 0.15) is 6.61 Å². The molecule has 0 aliphatic heterocycles. The van der Waals surface area contributed by atoms with Gasteiger partial charge < -0.3 is 23.8 Å². The van der Waals surface area contributed by atoms with E-state index < -0.39 is 18.1 Å². The van der Waals surface area contributed by atoms with Crippen molar-refractivity contribution in [1.82, 2.24) is 0 Å². The van der Waals surface area contributed by atoms with Gasteiger partial charge in [-0.2, -0.15) is 0 Å². The van der Waals surface area contributed by atoms with Crippen molar-refractivity contribution in [3.63, 3.8) is 0 Å². The van der Waals surface area contributed by atoms with Crippen molar-refractivity contribution >= 4 is 17.9 Å². The van der Waals surface area contributed by atoms with E-state index in [0.717, 1.165) is 51.4 Å². The molecule has 0 aliphatic rings. The van der Waals surface area contributed by atoms with Gasteiger partial charge in [-0.3, -0.25) is 9.59 Å². The van der Waals surface area contributed by atoms with Gasteiger partial charge in [0, 0.05) is 19.3 Å². The number of hydrogen-bond acceptors (Lipinski definition) is 6. The molecule has 0 saturated carbocycles. The lowest BCUT2D eigenvalue weighted by Gasteiger charge is -2.31. The fourth-order valence-corrected chi connectivity index (χ4v) is 7.26. The molecule has 8 nitrogen and oxygen atoms in total. The molecular formula is C50H94NO7+. The molecule has 2 atom stereocenters. The standard InChI is InChI=1S/C50H93NO7/c1-6-8-10-12-14-16-18-20-22-23-24-25-26-27-29-30-32-34-36-38-40-48(52)57-45-46(44-56-43-42-47(50(54)55)51(3,4)5)58-49(53)41-39-37-35-33-31-28-21-19-17-15-13-11-9-7-2/h24-25,28,31,46-47H,6-23,26-27,29-30,32-45H2,1-5H3/p+1/b25-24+,31-28+. The Bertz CT molecular complexity index is 1000. The van der Waals surface area contributed by atoms with E-state index in [1.54, 1.807) is 0 Å². The molecule has 1 N–H and O–H groups in total. The van der Waals surface area contributed by atoms with E-state index >= 15 is 0 Å². The molecule has 58 heavy (non-hydrogen) atoms. The Labute approximate surface area is 358 Å². The van der Waals surface area contributed by atoms with E-state index in [1.807, 2.05) is 21.1 Å². The smallest absolute Gasteiger partial charge is 0.362 e. The van der Waals surface area contributed by atoms with Gasteiger partial charge in [0.25, 0.3) is 0 Å². The third-order valence-corrected chi connectivity index (χ3v) is 11.1. The van der Waals surface area contributed by atoms with Crippen molar-refractivity contribution in [2.45, 2.75) is 238 Å². The highest BCUT2D eigenvalue weighted by Crippen LogP contribution is 2.15. The van der Waals surface area contributed by atoms with Crippen LogP contribution in [0.25, 0.3) is 0 Å². The molecule has 0 radical (unpaired) electrons. The number of nitrogens with zero attached hydrogens (tertiary/aromatic N) is 1. The maximum atomic E-state index is 12.7. The Kier molecular flexibility index (Phi) is 40.0. The van der Waals surface area contributed by atoms with Gasteiger partial charge in [-0.25, -0.2) is 4.79 Å². The molecule has 0 rings (SSSR count). The molecular weight excluding hydrogens is 727 g/mol. The van der Waals surface area contributed by atoms with E-state index in [4.69, 9.17) is 14.2 Å². The molecule has 0 heterocycles. The summed E-state index contributed by atoms with van der Waals surface area (Å²) in [6.45, 7) is 4.74. The normalized spacial score (nSPS) is 13.1. The Balaban J connectivity index is 4.26. The van der Waals surface area contributed by atoms with E-state index in [9.17, 15) is 19.5 Å². The number of allylic oxidation sites excluding steroid dienone is 4. The van der Waals surface area contributed by atoms with Crippen LogP contribution in [0.3, 0.4) is 0 Å². The van der Waals surface area contributed by atoms with E-state index in [2.05, 4.69) is 38.2 Å². The van der Waals surface area contributed by atoms with Crippen LogP contribution < -0.4 is 0 Å². The molecule has 8 heteroatoms. The number of rotatable bonds is 44. The summed E-state index contributed by atoms with van der Waals surface area (Å²) >= 11 is 0. The summed E-state index contributed by atoms with van der Waals surface area (Å²) in [4.78, 5) is 37.0. The van der Waals surface area contributed by atoms with Crippen LogP contribution >= 0.6 is 0 Å². The summed E-state index contributed by atoms with van der Waals surface area (Å²) in [7, 11) is 5.53. The van der Waals surface area contributed by atoms with Gasteiger partial charge in [-0.05, 0) is 64.2 Å². The number of carboxylic acid groups (broad SMARTS) is 1. The minimum Gasteiger partial charge on any atom is -0.477 e. The number of carbonyl (C=O) groups excluding carboxylic acids is 2. The lowest BCUT2D eigenvalue weighted by atomic mass is 10.1. The Morgan fingerprint density at radius 1 is 0.500 bits per heavy atom. The first-order chi connectivity index (χ1) is 28.1. The van der Waals surface area contributed by atoms with Crippen molar-refractivity contribution < 1.29 is 38.2 Å². The maximum absolute atomic E-state index is 12.7. The largest absolute Gasteiger partial charge is 0.477 e. The van der Waals surface area contributed by atoms with Crippen molar-refractivity contribution in [3.05, 3.63) is 24.3 Å². The van der Waals surface area contributed by atoms with Crippen molar-refractivity contribution in [2.24, 2.45) is 0 Å². The van der Waals surface area contributed by atoms with Crippen LogP contribution in [0.2, 0.25) is 0 Å². The number of hydrogen-bond donors (Lipinski definition) is 1. The molecule has 0 aromatic carbocycles. The third kappa shape index (κ3) is 39.3. The lowest BCUT2D eigenvalue weighted by molar-refractivity contribution is -0.887. The van der Waals surface area contributed by atoms with Crippen molar-refractivity contribution in [1.29, 1.82) is 0 Å². The van der Waals surface area contributed by atoms with E-state index in [0.29, 0.717) is 19.3 Å². The molecule has 0 fully saturated rings. The summed E-state index contributed by atoms with van der Waals surface area (Å²) in [5, 5.41) is 9.63. The molecule has 340 valence electrons. The highest BCUT2D eigenvalue weighted by atomic mass is 16.6. The van der Waals surface area contributed by atoms with Crippen LogP contribution in [-0.2, 0) is 28.6 Å². The molecule has 0 saturated heterocycles. The third-order valence-electron chi connectivity index (χ3n) is 11.1. The van der Waals surface area contributed by atoms with E-state index in [-0.39, 0.29) is 36.2 Å². The van der Waals surface area contributed by atoms with Gasteiger partial charge in [-0.15, -0.1) is 0 Å². The van der Waals surface area contributed by atoms with Gasteiger partial charge >= 0.3 is 17.9 Å². The minimum absolute atomic E-state index is 0.0561. The highest BCUT2D eigenvalue weighted by Gasteiger charge is 2.31. The second kappa shape index (κ2) is 41.5. The van der Waals surface area contributed by atoms with Gasteiger partial charge in [-0.1, -0.05) is 167 Å². The van der Waals surface area contributed by atoms with Crippen LogP contribution in [-0.4, -0.2) is 80.6 Å². The number of carbonyl (C=O) groups is 3. The van der Waals surface area contributed by atoms with Crippen LogP contribution in [0.5, 0.6) is 0 Å². The molecule has 0 aromatic rings. The number of aliphatic carboxylic acids is 1. The molecule has 0 aliphatic carbocycles. The average Bonchev–Trinajstić information content (AvgIpc) is 3.18. The zero-order valence-corrected chi connectivity index (χ0v) is 38.8. The van der Waals surface area contributed by atoms with Crippen LogP contribution in [0.15, 0.2) is 24.3 Å². The summed E-state index contributed by atoms with van der Waals surface area (Å²) < 4.78 is 17.3. The summed E-state index contributed by atoms with van der Waals surface area (Å²) in [6, 6.07) is -0.616. The van der Waals surface area contributed by atoms with Gasteiger partial charge in [0.05, 0.1) is 34.4 Å². The van der Waals surface area contributed by atoms with Crippen LogP contribution in [0.4, 0.5) is 0 Å². The van der Waals surface area contributed by atoms with Gasteiger partial charge in [0.15, 0.2) is 12.1 Å². The number of likely N-dealkylation sites (N-methyl/N-ethyl adjacent to an activating group) is 1. The second-order valence-corrected chi connectivity index (χ2v) is 17.7. The maximum Gasteiger partial charge on any atom is 0.362 e. The summed E-state index contributed by atoms with van der Waals surface area (Å²) in [6.07, 6.45) is 46.5. The first kappa shape index (κ1) is 55.8. The number of ether oxygens (including phenoxy) is 3. The van der Waals surface area contributed by atoms with Crippen molar-refractivity contribution in [3.8, 4) is 0 Å². The zero-order valence-electron chi connectivity index (χ0n) is 38.8. The monoisotopic (exact) mass is 821 g/mol. The predicted octanol–water partition coefficient (Wildman–Crippen LogP) is 13.6. The Hall–Kier alpha value is -2.19. The Morgan fingerprint density at radius 2 is 0.862 bits per heavy atom. The topological polar surface area (TPSA) is 99.1 Å². The van der Waals surface area contributed by atoms with Crippen molar-refractivity contribution in [2.75, 3.05) is 41.0 Å². The predicted molar refractivity (Wildman–Crippen MR) is 243 cm³/mol. The fraction of sp³-hybridized carbons (Fsp3) is 0.860. The number of quaternary nitrogens is 1. The molecule has 0 spiro atoms. The molecule has 0 amide bonds. The molecule has 2 unspecified atom stereocenters. The first-order valence-corrected chi connectivity index (χ1v) is 24.4. The number of esters is 2. The molecule has 0 aromatic heterocycles. The Morgan fingerprint density at radius 3 is 1.26 bits per heavy atom. The molecule has 0 bridgehead atoms. The number of unbranched alkanes of at least 4 members (excludes halogenated alkanes) is 26. The highest BCUT2D eigenvalue weighted by molar-refractivity contribution is 5.72. The summed E-state index contributed by atoms with van der Waals surface area (Å²) in [5.74, 6) is -1.48. The zero-order chi connectivity index (χ0) is 42.8. The summed E-state index contributed by atoms with van der Waals surface area (Å²) in [5.41, 5.74) is 0. The van der Waals surface area contributed by atoms with Gasteiger partial charge in [0.2, 0.25) is 0 Å². The fourth-order valence-electron chi connectivity index (χ4n) is 7.26. The lowest BCUT2D eigenvalue weighted by Crippen LogP contribution is -2.50. The number of carboxylic acids is 1. The minimum atomic E-state index is -0.876. The average molecular weight is 821 g/mol. The SMILES string of the molecule is CCCCCCCCC/C=C/CCCCCC(=O)OC(COCCC(C(=O)O)[N+](C)(C)C)COC(=O)CCCCCCCCC/C=C/CCCCCCCCCCC. The first-order valence-electron chi connectivity index (χ1n) is 24.4. The van der Waals surface area contributed by atoms with Crippen LogP contribution in [0.1, 0.15) is 226 Å². The van der Waals surface area contributed by atoms with Crippen LogP contribution in [0, 0.1) is 0 Å². The second-order valence-electron chi connectivity index (χ2n) is 17.7.